The number of likely N-dealkylation sites (N-methyl/N-ethyl adjacent to an activating group) is 1. The van der Waals surface area contributed by atoms with Gasteiger partial charge >= 0.3 is 0 Å². The van der Waals surface area contributed by atoms with Crippen LogP contribution in [0.4, 0.5) is 11.4 Å². The third kappa shape index (κ3) is 4.04. The Hall–Kier alpha value is -2.82. The van der Waals surface area contributed by atoms with Gasteiger partial charge in [-0.05, 0) is 30.7 Å². The Morgan fingerprint density at radius 1 is 1.15 bits per heavy atom. The third-order valence-corrected chi connectivity index (χ3v) is 4.85. The average molecular weight is 351 g/mol. The zero-order valence-electron chi connectivity index (χ0n) is 15.3. The molecular formula is C21H25N3O2. The van der Waals surface area contributed by atoms with Gasteiger partial charge in [-0.1, -0.05) is 36.4 Å². The van der Waals surface area contributed by atoms with Gasteiger partial charge in [0.15, 0.2) is 0 Å². The fourth-order valence-corrected chi connectivity index (χ4v) is 3.29. The van der Waals surface area contributed by atoms with E-state index in [2.05, 4.69) is 10.2 Å². The number of amides is 2. The largest absolute Gasteiger partial charge is 0.373 e. The molecule has 0 aromatic heterocycles. The van der Waals surface area contributed by atoms with Crippen molar-refractivity contribution in [2.24, 2.45) is 5.92 Å². The summed E-state index contributed by atoms with van der Waals surface area (Å²) >= 11 is 0. The number of rotatable bonds is 6. The number of aryl methyl sites for hydroxylation is 1. The van der Waals surface area contributed by atoms with E-state index in [0.717, 1.165) is 23.5 Å². The normalized spacial score (nSPS) is 16.6. The molecule has 136 valence electrons. The van der Waals surface area contributed by atoms with Crippen LogP contribution in [0.3, 0.4) is 0 Å². The molecule has 3 rings (SSSR count). The number of carbonyl (C=O) groups is 2. The van der Waals surface area contributed by atoms with E-state index in [9.17, 15) is 9.59 Å². The van der Waals surface area contributed by atoms with Crippen LogP contribution in [0.15, 0.2) is 54.6 Å². The van der Waals surface area contributed by atoms with Crippen LogP contribution in [-0.2, 0) is 9.59 Å². The second kappa shape index (κ2) is 8.04. The second-order valence-electron chi connectivity index (χ2n) is 6.74. The lowest BCUT2D eigenvalue weighted by Crippen LogP contribution is -2.37. The monoisotopic (exact) mass is 351 g/mol. The van der Waals surface area contributed by atoms with Crippen LogP contribution in [-0.4, -0.2) is 38.5 Å². The summed E-state index contributed by atoms with van der Waals surface area (Å²) < 4.78 is 0. The molecule has 26 heavy (non-hydrogen) atoms. The molecule has 1 N–H and O–H groups in total. The highest BCUT2D eigenvalue weighted by molar-refractivity contribution is 6.00. The molecule has 0 saturated carbocycles. The maximum Gasteiger partial charge on any atom is 0.227 e. The number of carbonyl (C=O) groups excluding carboxylic acids is 2. The van der Waals surface area contributed by atoms with Crippen LogP contribution in [0.1, 0.15) is 12.0 Å². The van der Waals surface area contributed by atoms with Gasteiger partial charge in [0.05, 0.1) is 5.92 Å². The minimum Gasteiger partial charge on any atom is -0.373 e. The van der Waals surface area contributed by atoms with Crippen molar-refractivity contribution in [2.75, 3.05) is 36.5 Å². The van der Waals surface area contributed by atoms with Crippen LogP contribution < -0.4 is 15.1 Å². The maximum atomic E-state index is 12.5. The number of nitrogens with zero attached hydrogens (tertiary/aromatic N) is 2. The fraction of sp³-hybridized carbons (Fsp3) is 0.333. The number of para-hydroxylation sites is 2. The molecule has 1 atom stereocenters. The molecule has 2 aromatic rings. The van der Waals surface area contributed by atoms with Crippen molar-refractivity contribution in [3.05, 3.63) is 60.2 Å². The zero-order chi connectivity index (χ0) is 18.5. The molecule has 1 fully saturated rings. The van der Waals surface area contributed by atoms with Crippen LogP contribution in [0, 0.1) is 12.8 Å². The second-order valence-corrected chi connectivity index (χ2v) is 6.74. The fourth-order valence-electron chi connectivity index (χ4n) is 3.29. The van der Waals surface area contributed by atoms with E-state index >= 15 is 0 Å². The van der Waals surface area contributed by atoms with Gasteiger partial charge in [0.1, 0.15) is 0 Å². The number of anilines is 2. The van der Waals surface area contributed by atoms with E-state index < -0.39 is 0 Å². The Kier molecular flexibility index (Phi) is 5.56. The minimum absolute atomic E-state index is 0.0147. The highest BCUT2D eigenvalue weighted by Gasteiger charge is 2.35. The van der Waals surface area contributed by atoms with Gasteiger partial charge in [-0.3, -0.25) is 9.59 Å². The van der Waals surface area contributed by atoms with Gasteiger partial charge < -0.3 is 15.1 Å². The van der Waals surface area contributed by atoms with Gasteiger partial charge in [-0.15, -0.1) is 0 Å². The van der Waals surface area contributed by atoms with Crippen molar-refractivity contribution in [1.82, 2.24) is 5.32 Å². The first-order valence-electron chi connectivity index (χ1n) is 8.96. The summed E-state index contributed by atoms with van der Waals surface area (Å²) in [5.74, 6) is -0.319. The summed E-state index contributed by atoms with van der Waals surface area (Å²) in [5.41, 5.74) is 3.06. The van der Waals surface area contributed by atoms with Gasteiger partial charge in [0.25, 0.3) is 0 Å². The first-order valence-corrected chi connectivity index (χ1v) is 8.96. The van der Waals surface area contributed by atoms with E-state index in [-0.39, 0.29) is 24.2 Å². The molecule has 5 heteroatoms. The molecule has 2 amide bonds. The van der Waals surface area contributed by atoms with E-state index in [1.807, 2.05) is 68.6 Å². The zero-order valence-corrected chi connectivity index (χ0v) is 15.3. The van der Waals surface area contributed by atoms with Crippen molar-refractivity contribution in [3.8, 4) is 0 Å². The molecule has 0 radical (unpaired) electrons. The molecule has 0 spiro atoms. The maximum absolute atomic E-state index is 12.5. The molecule has 0 aliphatic carbocycles. The molecular weight excluding hydrogens is 326 g/mol. The Morgan fingerprint density at radius 2 is 1.85 bits per heavy atom. The highest BCUT2D eigenvalue weighted by atomic mass is 16.2. The minimum atomic E-state index is -0.288. The Balaban J connectivity index is 1.51. The predicted octanol–water partition coefficient (Wildman–Crippen LogP) is 2.60. The highest BCUT2D eigenvalue weighted by Crippen LogP contribution is 2.27. The van der Waals surface area contributed by atoms with E-state index in [0.29, 0.717) is 13.1 Å². The predicted molar refractivity (Wildman–Crippen MR) is 104 cm³/mol. The van der Waals surface area contributed by atoms with Crippen molar-refractivity contribution in [2.45, 2.75) is 13.3 Å². The first kappa shape index (κ1) is 18.0. The summed E-state index contributed by atoms with van der Waals surface area (Å²) in [6, 6.07) is 17.8. The third-order valence-electron chi connectivity index (χ3n) is 4.85. The topological polar surface area (TPSA) is 52.7 Å². The molecule has 2 aromatic carbocycles. The SMILES string of the molecule is Cc1ccccc1N1C[C@@H](C(=O)NCCN(C)c2ccccc2)CC1=O. The number of hydrogen-bond donors (Lipinski definition) is 1. The van der Waals surface area contributed by atoms with Crippen molar-refractivity contribution in [3.63, 3.8) is 0 Å². The summed E-state index contributed by atoms with van der Waals surface area (Å²) in [5, 5.41) is 2.97. The quantitative estimate of drug-likeness (QED) is 0.870. The smallest absolute Gasteiger partial charge is 0.227 e. The standard InChI is InChI=1S/C21H25N3O2/c1-16-8-6-7-11-19(16)24-15-17(14-20(24)25)21(26)22-12-13-23(2)18-9-4-3-5-10-18/h3-11,17H,12-15H2,1-2H3,(H,22,26)/t17-/m0/s1. The van der Waals surface area contributed by atoms with Crippen LogP contribution >= 0.6 is 0 Å². The molecule has 1 aliphatic heterocycles. The molecule has 0 unspecified atom stereocenters. The molecule has 1 saturated heterocycles. The molecule has 0 bridgehead atoms. The summed E-state index contributed by atoms with van der Waals surface area (Å²) in [7, 11) is 2.00. The van der Waals surface area contributed by atoms with Crippen molar-refractivity contribution < 1.29 is 9.59 Å². The van der Waals surface area contributed by atoms with Crippen LogP contribution in [0.25, 0.3) is 0 Å². The van der Waals surface area contributed by atoms with E-state index in [1.54, 1.807) is 4.90 Å². The molecule has 1 heterocycles. The lowest BCUT2D eigenvalue weighted by Gasteiger charge is -2.20. The van der Waals surface area contributed by atoms with Crippen molar-refractivity contribution >= 4 is 23.2 Å². The van der Waals surface area contributed by atoms with Crippen molar-refractivity contribution in [1.29, 1.82) is 0 Å². The first-order chi connectivity index (χ1) is 12.6. The van der Waals surface area contributed by atoms with Gasteiger partial charge in [-0.25, -0.2) is 0 Å². The Bertz CT molecular complexity index is 776. The molecule has 1 aliphatic rings. The summed E-state index contributed by atoms with van der Waals surface area (Å²) in [6.07, 6.45) is 0.273. The van der Waals surface area contributed by atoms with Crippen LogP contribution in [0.2, 0.25) is 0 Å². The Labute approximate surface area is 154 Å². The average Bonchev–Trinajstić information content (AvgIpc) is 3.04. The van der Waals surface area contributed by atoms with E-state index in [4.69, 9.17) is 0 Å². The van der Waals surface area contributed by atoms with E-state index in [1.165, 1.54) is 0 Å². The Morgan fingerprint density at radius 3 is 2.58 bits per heavy atom. The van der Waals surface area contributed by atoms with Gasteiger partial charge in [0, 0.05) is 44.5 Å². The van der Waals surface area contributed by atoms with Gasteiger partial charge in [0.2, 0.25) is 11.8 Å². The summed E-state index contributed by atoms with van der Waals surface area (Å²) in [4.78, 5) is 28.6. The lowest BCUT2D eigenvalue weighted by atomic mass is 10.1. The number of hydrogen-bond acceptors (Lipinski definition) is 3. The summed E-state index contributed by atoms with van der Waals surface area (Å²) in [6.45, 7) is 3.71. The van der Waals surface area contributed by atoms with Crippen LogP contribution in [0.5, 0.6) is 0 Å². The number of nitrogens with one attached hydrogen (secondary N) is 1. The lowest BCUT2D eigenvalue weighted by molar-refractivity contribution is -0.126. The van der Waals surface area contributed by atoms with Gasteiger partial charge in [-0.2, -0.15) is 0 Å². The number of benzene rings is 2. The molecule has 5 nitrogen and oxygen atoms in total.